The zero-order chi connectivity index (χ0) is 52.3. The lowest BCUT2D eigenvalue weighted by molar-refractivity contribution is -0.143. The molecule has 0 aliphatic rings. The van der Waals surface area contributed by atoms with Gasteiger partial charge in [-0.05, 0) is 56.6 Å². The van der Waals surface area contributed by atoms with Crippen LogP contribution in [0, 0.1) is 0 Å². The van der Waals surface area contributed by atoms with Crippen molar-refractivity contribution >= 4 is 101 Å². The van der Waals surface area contributed by atoms with Crippen molar-refractivity contribution in [3.05, 3.63) is 0 Å². The average molecular weight is 1010 g/mol. The summed E-state index contributed by atoms with van der Waals surface area (Å²) < 4.78 is 0. The summed E-state index contributed by atoms with van der Waals surface area (Å²) in [5.74, 6) is -15.4. The summed E-state index contributed by atoms with van der Waals surface area (Å²) in [5.41, 5.74) is 10.6. The van der Waals surface area contributed by atoms with Crippen LogP contribution in [0.3, 0.4) is 0 Å². The van der Waals surface area contributed by atoms with E-state index in [4.69, 9.17) is 11.5 Å². The number of aliphatic hydroxyl groups excluding tert-OH is 2. The van der Waals surface area contributed by atoms with E-state index in [2.05, 4.69) is 42.5 Å². The van der Waals surface area contributed by atoms with Crippen LogP contribution in [0.2, 0.25) is 0 Å². The topological polar surface area (TPSA) is 471 Å². The first-order valence-corrected chi connectivity index (χ1v) is 23.5. The van der Waals surface area contributed by atoms with E-state index in [1.54, 1.807) is 12.5 Å². The van der Waals surface area contributed by atoms with Crippen molar-refractivity contribution in [2.24, 2.45) is 11.5 Å². The second-order valence-electron chi connectivity index (χ2n) is 14.9. The maximum Gasteiger partial charge on any atom is 0.326 e. The molecule has 10 amide bonds. The predicted octanol–water partition coefficient (Wildman–Crippen LogP) is -6.28. The van der Waals surface area contributed by atoms with Crippen molar-refractivity contribution in [3.8, 4) is 0 Å². The van der Waals surface area contributed by atoms with E-state index in [1.165, 1.54) is 30.4 Å². The summed E-state index contributed by atoms with van der Waals surface area (Å²) in [6.07, 6.45) is -3.38. The summed E-state index contributed by atoms with van der Waals surface area (Å²) in [5, 5.41) is 65.7. The molecule has 0 saturated heterocycles. The number of carboxylic acid groups (broad SMARTS) is 3. The molecule has 0 saturated carbocycles. The minimum atomic E-state index is -1.95. The van der Waals surface area contributed by atoms with Gasteiger partial charge in [0, 0.05) is 19.3 Å². The molecule has 0 aromatic carbocycles. The second-order valence-corrected chi connectivity index (χ2v) is 16.8. The van der Waals surface area contributed by atoms with E-state index in [9.17, 15) is 87.9 Å². The Kier molecular flexibility index (Phi) is 29.4. The molecule has 0 fully saturated rings. The number of hydrogen-bond acceptors (Lipinski definition) is 17. The van der Waals surface area contributed by atoms with Crippen LogP contribution in [0.1, 0.15) is 71.6 Å². The predicted molar refractivity (Wildman–Crippen MR) is 239 cm³/mol. The number of aliphatic carboxylic acids is 3. The number of nitrogens with two attached hydrogens (primary N) is 2. The van der Waals surface area contributed by atoms with Crippen LogP contribution in [-0.4, -0.2) is 188 Å². The van der Waals surface area contributed by atoms with Gasteiger partial charge in [0.1, 0.15) is 48.3 Å². The minimum absolute atomic E-state index is 0.0229. The van der Waals surface area contributed by atoms with Crippen LogP contribution in [0.4, 0.5) is 0 Å². The molecule has 0 aliphatic carbocycles. The van der Waals surface area contributed by atoms with E-state index >= 15 is 0 Å². The molecule has 0 heterocycles. The number of aliphatic hydroxyl groups is 2. The second kappa shape index (κ2) is 32.4. The number of rotatable bonds is 35. The van der Waals surface area contributed by atoms with Crippen molar-refractivity contribution in [3.63, 3.8) is 0 Å². The summed E-state index contributed by atoms with van der Waals surface area (Å²) in [6.45, 7) is 1.59. The Labute approximate surface area is 398 Å². The maximum absolute atomic E-state index is 13.8. The largest absolute Gasteiger partial charge is 0.481 e. The molecule has 0 aromatic heterocycles. The Morgan fingerprint density at radius 3 is 1.16 bits per heavy atom. The molecular formula is C38H62N10O18S2. The third-order valence-corrected chi connectivity index (χ3v) is 10.6. The molecular weight excluding hydrogens is 949 g/mol. The Morgan fingerprint density at radius 1 is 0.485 bits per heavy atom. The highest BCUT2D eigenvalue weighted by Crippen LogP contribution is 2.09. The van der Waals surface area contributed by atoms with Gasteiger partial charge in [0.2, 0.25) is 59.1 Å². The molecule has 0 bridgehead atoms. The molecule has 68 heavy (non-hydrogen) atoms. The Morgan fingerprint density at radius 2 is 0.824 bits per heavy atom. The minimum Gasteiger partial charge on any atom is -0.481 e. The van der Waals surface area contributed by atoms with Crippen LogP contribution >= 0.6 is 23.5 Å². The lowest BCUT2D eigenvalue weighted by Gasteiger charge is -2.28. The van der Waals surface area contributed by atoms with Gasteiger partial charge in [-0.3, -0.25) is 57.5 Å². The number of primary amides is 2. The lowest BCUT2D eigenvalue weighted by Crippen LogP contribution is -2.61. The molecule has 0 aliphatic heterocycles. The third kappa shape index (κ3) is 24.5. The number of thioether (sulfide) groups is 2. The standard InChI is InChI=1S/C38H62N10O18S2/c1-5-27(53)41-24(16-49)36(63)47-23(15-26(40)52)34(61)43-18(6-8-28(54)55)31(58)46-22(14-25(39)51)35(62)44-20(10-12-67-3)32(59)42-19(7-9-29(56)57)33(60)48-30(17(2)50)37(64)45-21(38(65)66)11-13-68-4/h17-24,30,49-50H,5-16H2,1-4H3,(H2,39,51)(H2,40,52)(H,41,53)(H,42,59)(H,43,61)(H,44,62)(H,45,64)(H,46,58)(H,47,63)(H,48,60)(H,54,55)(H,56,57)(H,65,66)/t17-,18+,19+,20+,21+,22+,23+,24+,30+/m1/s1. The van der Waals surface area contributed by atoms with Crippen LogP contribution in [0.15, 0.2) is 0 Å². The van der Waals surface area contributed by atoms with Gasteiger partial charge in [-0.2, -0.15) is 23.5 Å². The van der Waals surface area contributed by atoms with E-state index in [1.807, 2.05) is 0 Å². The van der Waals surface area contributed by atoms with Crippen molar-refractivity contribution in [1.82, 2.24) is 42.5 Å². The van der Waals surface area contributed by atoms with E-state index in [-0.39, 0.29) is 25.0 Å². The molecule has 17 N–H and O–H groups in total. The van der Waals surface area contributed by atoms with Gasteiger partial charge in [-0.1, -0.05) is 6.92 Å². The van der Waals surface area contributed by atoms with Crippen LogP contribution in [0.25, 0.3) is 0 Å². The molecule has 0 aromatic rings. The molecule has 0 unspecified atom stereocenters. The highest BCUT2D eigenvalue weighted by molar-refractivity contribution is 7.98. The number of amides is 10. The average Bonchev–Trinajstić information content (AvgIpc) is 3.25. The molecule has 28 nitrogen and oxygen atoms in total. The highest BCUT2D eigenvalue weighted by atomic mass is 32.2. The zero-order valence-corrected chi connectivity index (χ0v) is 39.3. The van der Waals surface area contributed by atoms with Gasteiger partial charge in [0.25, 0.3) is 0 Å². The summed E-state index contributed by atoms with van der Waals surface area (Å²) in [7, 11) is 0. The van der Waals surface area contributed by atoms with E-state index < -0.39 is 177 Å². The van der Waals surface area contributed by atoms with E-state index in [0.29, 0.717) is 5.75 Å². The summed E-state index contributed by atoms with van der Waals surface area (Å²) in [4.78, 5) is 165. The fourth-order valence-electron chi connectivity index (χ4n) is 5.66. The van der Waals surface area contributed by atoms with Crippen LogP contribution in [0.5, 0.6) is 0 Å². The summed E-state index contributed by atoms with van der Waals surface area (Å²) in [6, 6.07) is -13.9. The highest BCUT2D eigenvalue weighted by Gasteiger charge is 2.36. The van der Waals surface area contributed by atoms with Crippen molar-refractivity contribution < 1.29 is 87.9 Å². The molecule has 0 spiro atoms. The van der Waals surface area contributed by atoms with E-state index in [0.717, 1.165) is 6.92 Å². The quantitative estimate of drug-likeness (QED) is 0.0281. The fraction of sp³-hybridized carbons (Fsp3) is 0.658. The first kappa shape index (κ1) is 61.7. The van der Waals surface area contributed by atoms with Gasteiger partial charge in [-0.25, -0.2) is 4.79 Å². The molecule has 9 atom stereocenters. The molecule has 384 valence electrons. The zero-order valence-electron chi connectivity index (χ0n) is 37.7. The molecule has 0 radical (unpaired) electrons. The van der Waals surface area contributed by atoms with Crippen molar-refractivity contribution in [2.45, 2.75) is 126 Å². The first-order valence-electron chi connectivity index (χ1n) is 20.7. The normalized spacial score (nSPS) is 14.8. The van der Waals surface area contributed by atoms with Gasteiger partial charge >= 0.3 is 17.9 Å². The molecule has 0 rings (SSSR count). The Hall–Kier alpha value is -6.27. The van der Waals surface area contributed by atoms with Crippen molar-refractivity contribution in [2.75, 3.05) is 30.6 Å². The number of nitrogens with one attached hydrogen (secondary N) is 8. The number of carbonyl (C=O) groups excluding carboxylic acids is 10. The SMILES string of the molecule is CCC(=O)N[C@@H](CO)C(=O)N[C@@H](CC(N)=O)C(=O)N[C@@H](CCC(=O)O)C(=O)N[C@@H](CC(N)=O)C(=O)N[C@@H](CCSC)C(=O)N[C@@H](CCC(=O)O)C(=O)N[C@H](C(=O)N[C@@H](CCSC)C(=O)O)[C@@H](C)O. The van der Waals surface area contributed by atoms with Gasteiger partial charge < -0.3 is 79.5 Å². The van der Waals surface area contributed by atoms with Crippen molar-refractivity contribution in [1.29, 1.82) is 0 Å². The monoisotopic (exact) mass is 1010 g/mol. The fourth-order valence-corrected chi connectivity index (χ4v) is 6.61. The number of carbonyl (C=O) groups is 13. The molecule has 30 heteroatoms. The number of hydrogen-bond donors (Lipinski definition) is 15. The van der Waals surface area contributed by atoms with Gasteiger partial charge in [-0.15, -0.1) is 0 Å². The third-order valence-electron chi connectivity index (χ3n) is 9.32. The Balaban J connectivity index is 6.65. The smallest absolute Gasteiger partial charge is 0.326 e. The maximum atomic E-state index is 13.8. The lowest BCUT2D eigenvalue weighted by atomic mass is 10.1. The van der Waals surface area contributed by atoms with Gasteiger partial charge in [0.05, 0.1) is 25.6 Å². The Bertz CT molecular complexity index is 1830. The summed E-state index contributed by atoms with van der Waals surface area (Å²) >= 11 is 2.47. The number of carboxylic acids is 3. The van der Waals surface area contributed by atoms with Crippen LogP contribution < -0.4 is 54.0 Å². The van der Waals surface area contributed by atoms with Gasteiger partial charge in [0.15, 0.2) is 0 Å². The first-order chi connectivity index (χ1) is 31.8. The van der Waals surface area contributed by atoms with Crippen LogP contribution in [-0.2, 0) is 62.3 Å².